The Morgan fingerprint density at radius 3 is 2.50 bits per heavy atom. The molecular formula is C17H25NO3S. The third-order valence-electron chi connectivity index (χ3n) is 3.27. The number of carbonyl (C=O) groups excluding carboxylic acids is 2. The Morgan fingerprint density at radius 1 is 1.18 bits per heavy atom. The first-order valence-corrected chi connectivity index (χ1v) is 8.53. The van der Waals surface area contributed by atoms with Crippen molar-refractivity contribution in [3.63, 3.8) is 0 Å². The van der Waals surface area contributed by atoms with Gasteiger partial charge in [0.15, 0.2) is 5.12 Å². The number of thioether (sulfide) groups is 1. The van der Waals surface area contributed by atoms with Gasteiger partial charge in [0.25, 0.3) is 0 Å². The van der Waals surface area contributed by atoms with E-state index >= 15 is 0 Å². The first kappa shape index (κ1) is 18.7. The third-order valence-corrected chi connectivity index (χ3v) is 4.58. The number of rotatable bonds is 9. The molecule has 2 N–H and O–H groups in total. The Hall–Kier alpha value is -1.33. The SMILES string of the molecule is CC(C)(CNC(=O)Cc1ccccc1)C(=O)SCCCCO. The van der Waals surface area contributed by atoms with Gasteiger partial charge in [-0.1, -0.05) is 55.9 Å². The van der Waals surface area contributed by atoms with E-state index < -0.39 is 5.41 Å². The average molecular weight is 323 g/mol. The second kappa shape index (κ2) is 9.64. The Bertz CT molecular complexity index is 474. The highest BCUT2D eigenvalue weighted by atomic mass is 32.2. The van der Waals surface area contributed by atoms with Crippen molar-refractivity contribution in [1.29, 1.82) is 0 Å². The summed E-state index contributed by atoms with van der Waals surface area (Å²) in [5.74, 6) is 0.637. The summed E-state index contributed by atoms with van der Waals surface area (Å²) in [6.45, 7) is 4.19. The van der Waals surface area contributed by atoms with Crippen LogP contribution in [0.25, 0.3) is 0 Å². The number of aliphatic hydroxyl groups excluding tert-OH is 1. The number of carbonyl (C=O) groups is 2. The van der Waals surface area contributed by atoms with Crippen LogP contribution in [-0.2, 0) is 16.0 Å². The van der Waals surface area contributed by atoms with E-state index in [0.29, 0.717) is 25.1 Å². The van der Waals surface area contributed by atoms with Gasteiger partial charge in [0.2, 0.25) is 5.91 Å². The normalized spacial score (nSPS) is 11.2. The lowest BCUT2D eigenvalue weighted by Gasteiger charge is -2.23. The number of unbranched alkanes of at least 4 members (excludes halogenated alkanes) is 1. The van der Waals surface area contributed by atoms with Crippen LogP contribution in [0.4, 0.5) is 0 Å². The van der Waals surface area contributed by atoms with E-state index in [1.54, 1.807) is 0 Å². The summed E-state index contributed by atoms with van der Waals surface area (Å²) in [7, 11) is 0. The second-order valence-electron chi connectivity index (χ2n) is 5.89. The number of amides is 1. The van der Waals surface area contributed by atoms with Gasteiger partial charge < -0.3 is 10.4 Å². The van der Waals surface area contributed by atoms with E-state index in [4.69, 9.17) is 5.11 Å². The van der Waals surface area contributed by atoms with Gasteiger partial charge in [-0.25, -0.2) is 0 Å². The number of aliphatic hydroxyl groups is 1. The van der Waals surface area contributed by atoms with Gasteiger partial charge in [0.1, 0.15) is 0 Å². The quantitative estimate of drug-likeness (QED) is 0.685. The van der Waals surface area contributed by atoms with Gasteiger partial charge in [-0.15, -0.1) is 0 Å². The lowest BCUT2D eigenvalue weighted by Crippen LogP contribution is -2.38. The van der Waals surface area contributed by atoms with Crippen molar-refractivity contribution in [2.24, 2.45) is 5.41 Å². The standard InChI is InChI=1S/C17H25NO3S/c1-17(2,16(21)22-11-7-6-10-19)13-18-15(20)12-14-8-4-3-5-9-14/h3-5,8-9,19H,6-7,10-13H2,1-2H3,(H,18,20). The summed E-state index contributed by atoms with van der Waals surface area (Å²) in [6, 6.07) is 9.54. The molecule has 1 aromatic carbocycles. The molecule has 0 radical (unpaired) electrons. The molecule has 0 saturated carbocycles. The van der Waals surface area contributed by atoms with Gasteiger partial charge in [-0.05, 0) is 18.4 Å². The van der Waals surface area contributed by atoms with Crippen LogP contribution in [0, 0.1) is 5.41 Å². The van der Waals surface area contributed by atoms with Crippen molar-refractivity contribution in [2.45, 2.75) is 33.1 Å². The Kier molecular flexibility index (Phi) is 8.20. The van der Waals surface area contributed by atoms with Crippen molar-refractivity contribution >= 4 is 22.8 Å². The second-order valence-corrected chi connectivity index (χ2v) is 6.96. The average Bonchev–Trinajstić information content (AvgIpc) is 2.50. The van der Waals surface area contributed by atoms with E-state index in [2.05, 4.69) is 5.32 Å². The maximum atomic E-state index is 12.1. The zero-order valence-electron chi connectivity index (χ0n) is 13.3. The topological polar surface area (TPSA) is 66.4 Å². The minimum atomic E-state index is -0.587. The molecule has 1 aromatic rings. The summed E-state index contributed by atoms with van der Waals surface area (Å²) >= 11 is 1.28. The van der Waals surface area contributed by atoms with E-state index in [1.807, 2.05) is 44.2 Å². The molecule has 0 unspecified atom stereocenters. The highest BCUT2D eigenvalue weighted by Crippen LogP contribution is 2.24. The van der Waals surface area contributed by atoms with Gasteiger partial charge in [0.05, 0.1) is 11.8 Å². The molecule has 1 rings (SSSR count). The molecule has 5 heteroatoms. The molecule has 0 bridgehead atoms. The fraction of sp³-hybridized carbons (Fsp3) is 0.529. The molecule has 0 fully saturated rings. The monoisotopic (exact) mass is 323 g/mol. The Morgan fingerprint density at radius 2 is 1.86 bits per heavy atom. The van der Waals surface area contributed by atoms with E-state index in [0.717, 1.165) is 12.0 Å². The van der Waals surface area contributed by atoms with Gasteiger partial charge in [0, 0.05) is 18.9 Å². The van der Waals surface area contributed by atoms with Gasteiger partial charge >= 0.3 is 0 Å². The number of benzene rings is 1. The van der Waals surface area contributed by atoms with Crippen LogP contribution in [0.5, 0.6) is 0 Å². The summed E-state index contributed by atoms with van der Waals surface area (Å²) in [6.07, 6.45) is 1.87. The van der Waals surface area contributed by atoms with Crippen molar-refractivity contribution in [1.82, 2.24) is 5.32 Å². The minimum Gasteiger partial charge on any atom is -0.396 e. The van der Waals surface area contributed by atoms with Crippen molar-refractivity contribution in [2.75, 3.05) is 18.9 Å². The Balaban J connectivity index is 2.34. The maximum Gasteiger partial charge on any atom is 0.224 e. The lowest BCUT2D eigenvalue weighted by atomic mass is 9.95. The molecule has 0 heterocycles. The van der Waals surface area contributed by atoms with Crippen LogP contribution in [-0.4, -0.2) is 35.0 Å². The molecule has 1 amide bonds. The highest BCUT2D eigenvalue weighted by molar-refractivity contribution is 8.13. The fourth-order valence-corrected chi connectivity index (χ4v) is 2.81. The van der Waals surface area contributed by atoms with Crippen LogP contribution in [0.2, 0.25) is 0 Å². The zero-order chi connectivity index (χ0) is 16.4. The number of nitrogens with one attached hydrogen (secondary N) is 1. The fourth-order valence-electron chi connectivity index (χ4n) is 1.81. The zero-order valence-corrected chi connectivity index (χ0v) is 14.1. The molecule has 22 heavy (non-hydrogen) atoms. The summed E-state index contributed by atoms with van der Waals surface area (Å²) in [5, 5.41) is 11.6. The molecule has 0 spiro atoms. The highest BCUT2D eigenvalue weighted by Gasteiger charge is 2.28. The van der Waals surface area contributed by atoms with Gasteiger partial charge in [-0.3, -0.25) is 9.59 Å². The minimum absolute atomic E-state index is 0.0719. The molecule has 122 valence electrons. The maximum absolute atomic E-state index is 12.1. The first-order chi connectivity index (χ1) is 10.5. The largest absolute Gasteiger partial charge is 0.396 e. The van der Waals surface area contributed by atoms with Crippen LogP contribution in [0.15, 0.2) is 30.3 Å². The first-order valence-electron chi connectivity index (χ1n) is 7.54. The van der Waals surface area contributed by atoms with Crippen LogP contribution >= 0.6 is 11.8 Å². The predicted octanol–water partition coefficient (Wildman–Crippen LogP) is 2.40. The van der Waals surface area contributed by atoms with Crippen LogP contribution in [0.1, 0.15) is 32.3 Å². The van der Waals surface area contributed by atoms with Crippen LogP contribution in [0.3, 0.4) is 0 Å². The Labute approximate surface area is 136 Å². The van der Waals surface area contributed by atoms with Crippen LogP contribution < -0.4 is 5.32 Å². The molecular weight excluding hydrogens is 298 g/mol. The molecule has 0 aliphatic rings. The van der Waals surface area contributed by atoms with E-state index in [1.165, 1.54) is 11.8 Å². The molecule has 0 atom stereocenters. The smallest absolute Gasteiger partial charge is 0.224 e. The summed E-state index contributed by atoms with van der Waals surface area (Å²) in [5.41, 5.74) is 0.374. The molecule has 0 aliphatic heterocycles. The number of hydrogen-bond donors (Lipinski definition) is 2. The van der Waals surface area contributed by atoms with E-state index in [-0.39, 0.29) is 17.6 Å². The summed E-state index contributed by atoms with van der Waals surface area (Å²) < 4.78 is 0. The summed E-state index contributed by atoms with van der Waals surface area (Å²) in [4.78, 5) is 24.1. The molecule has 0 saturated heterocycles. The molecule has 0 aliphatic carbocycles. The van der Waals surface area contributed by atoms with Crippen molar-refractivity contribution in [3.05, 3.63) is 35.9 Å². The van der Waals surface area contributed by atoms with Gasteiger partial charge in [-0.2, -0.15) is 0 Å². The molecule has 0 aromatic heterocycles. The third kappa shape index (κ3) is 7.09. The van der Waals surface area contributed by atoms with Crippen molar-refractivity contribution < 1.29 is 14.7 Å². The predicted molar refractivity (Wildman–Crippen MR) is 90.7 cm³/mol. The molecule has 4 nitrogen and oxygen atoms in total. The lowest BCUT2D eigenvalue weighted by molar-refractivity contribution is -0.122. The van der Waals surface area contributed by atoms with E-state index in [9.17, 15) is 9.59 Å². The number of hydrogen-bond acceptors (Lipinski definition) is 4. The van der Waals surface area contributed by atoms with Crippen molar-refractivity contribution in [3.8, 4) is 0 Å².